The number of carbonyl (C=O) groups excluding carboxylic acids is 1. The van der Waals surface area contributed by atoms with Gasteiger partial charge in [-0.05, 0) is 56.2 Å². The third-order valence-electron chi connectivity index (χ3n) is 4.12. The van der Waals surface area contributed by atoms with Gasteiger partial charge in [0.25, 0.3) is 0 Å². The molecule has 0 bridgehead atoms. The fourth-order valence-corrected chi connectivity index (χ4v) is 3.00. The summed E-state index contributed by atoms with van der Waals surface area (Å²) in [5, 5.41) is -0.160. The average molecular weight is 404 g/mol. The van der Waals surface area contributed by atoms with Gasteiger partial charge in [-0.3, -0.25) is 0 Å². The van der Waals surface area contributed by atoms with Crippen LogP contribution in [0.1, 0.15) is 84.5 Å². The molecule has 4 heteroatoms. The largest absolute Gasteiger partial charge is 0.447 e. The molecule has 0 saturated heterocycles. The van der Waals surface area contributed by atoms with E-state index < -0.39 is 0 Å². The van der Waals surface area contributed by atoms with Crippen molar-refractivity contribution in [2.24, 2.45) is 0 Å². The molecule has 1 unspecified atom stereocenters. The van der Waals surface area contributed by atoms with Crippen LogP contribution in [-0.4, -0.2) is 36.5 Å². The summed E-state index contributed by atoms with van der Waals surface area (Å²) in [4.78, 5) is 14.1. The highest BCUT2D eigenvalue weighted by molar-refractivity contribution is 9.09. The Kier molecular flexibility index (Phi) is 15.9. The first-order valence-corrected chi connectivity index (χ1v) is 10.6. The normalized spacial score (nSPS) is 13.3. The second-order valence-corrected chi connectivity index (χ2v) is 7.93. The van der Waals surface area contributed by atoms with Crippen LogP contribution in [0, 0.1) is 0 Å². The predicted octanol–water partition coefficient (Wildman–Crippen LogP) is 6.07. The number of halogens is 1. The molecule has 24 heavy (non-hydrogen) atoms. The lowest BCUT2D eigenvalue weighted by Crippen LogP contribution is -2.15. The van der Waals surface area contributed by atoms with Crippen LogP contribution >= 0.6 is 15.9 Å². The zero-order valence-electron chi connectivity index (χ0n) is 16.3. The summed E-state index contributed by atoms with van der Waals surface area (Å²) < 4.78 is 5.44. The van der Waals surface area contributed by atoms with Crippen LogP contribution in [0.2, 0.25) is 0 Å². The van der Waals surface area contributed by atoms with Gasteiger partial charge in [0.2, 0.25) is 0 Å². The Morgan fingerprint density at radius 2 is 1.58 bits per heavy atom. The molecule has 0 fully saturated rings. The van der Waals surface area contributed by atoms with E-state index >= 15 is 0 Å². The fourth-order valence-electron chi connectivity index (χ4n) is 2.51. The molecule has 142 valence electrons. The molecule has 0 aromatic heterocycles. The Balaban J connectivity index is 3.63. The summed E-state index contributed by atoms with van der Waals surface area (Å²) in [6.45, 7) is 5.03. The number of unbranched alkanes of at least 4 members (excludes halogenated alkanes) is 8. The first-order valence-electron chi connectivity index (χ1n) is 9.64. The summed E-state index contributed by atoms with van der Waals surface area (Å²) in [5.41, 5.74) is 0.702. The molecule has 0 rings (SSSR count). The van der Waals surface area contributed by atoms with E-state index in [-0.39, 0.29) is 11.0 Å². The first-order chi connectivity index (χ1) is 11.5. The van der Waals surface area contributed by atoms with Crippen LogP contribution in [0.5, 0.6) is 0 Å². The zero-order valence-corrected chi connectivity index (χ0v) is 17.9. The molecule has 0 aliphatic rings. The fraction of sp³-hybridized carbons (Fsp3) is 0.850. The lowest BCUT2D eigenvalue weighted by molar-refractivity contribution is -0.140. The van der Waals surface area contributed by atoms with E-state index in [2.05, 4.69) is 27.8 Å². The molecular formula is C20H38BrNO2. The van der Waals surface area contributed by atoms with Gasteiger partial charge in [0.15, 0.2) is 5.01 Å². The highest BCUT2D eigenvalue weighted by Crippen LogP contribution is 2.16. The van der Waals surface area contributed by atoms with Gasteiger partial charge in [-0.2, -0.15) is 0 Å². The Labute approximate surface area is 158 Å². The van der Waals surface area contributed by atoms with E-state index in [1.165, 1.54) is 51.4 Å². The van der Waals surface area contributed by atoms with Gasteiger partial charge in [-0.25, -0.2) is 4.79 Å². The molecule has 0 N–H and O–H groups in total. The first kappa shape index (κ1) is 23.6. The van der Waals surface area contributed by atoms with E-state index in [0.717, 1.165) is 25.8 Å². The van der Waals surface area contributed by atoms with Crippen LogP contribution in [-0.2, 0) is 9.53 Å². The quantitative estimate of drug-likeness (QED) is 0.144. The number of rotatable bonds is 15. The van der Waals surface area contributed by atoms with Crippen LogP contribution in [0.4, 0.5) is 0 Å². The third kappa shape index (κ3) is 15.2. The molecule has 3 nitrogen and oxygen atoms in total. The summed E-state index contributed by atoms with van der Waals surface area (Å²) >= 11 is 3.47. The van der Waals surface area contributed by atoms with Crippen molar-refractivity contribution < 1.29 is 9.53 Å². The van der Waals surface area contributed by atoms with E-state index in [1.54, 1.807) is 0 Å². The van der Waals surface area contributed by atoms with Gasteiger partial charge in [-0.15, -0.1) is 0 Å². The molecule has 0 aliphatic carbocycles. The van der Waals surface area contributed by atoms with Crippen LogP contribution < -0.4 is 0 Å². The molecule has 1 atom stereocenters. The Hall–Kier alpha value is -0.350. The number of carbonyl (C=O) groups is 1. The monoisotopic (exact) mass is 403 g/mol. The van der Waals surface area contributed by atoms with Crippen LogP contribution in [0.3, 0.4) is 0 Å². The average Bonchev–Trinajstić information content (AvgIpc) is 2.52. The molecule has 0 amide bonds. The van der Waals surface area contributed by atoms with Crippen molar-refractivity contribution in [1.29, 1.82) is 0 Å². The molecule has 0 aromatic carbocycles. The molecule has 0 saturated carbocycles. The van der Waals surface area contributed by atoms with E-state index in [9.17, 15) is 4.79 Å². The van der Waals surface area contributed by atoms with Gasteiger partial charge in [0.05, 0.1) is 0 Å². The van der Waals surface area contributed by atoms with Gasteiger partial charge in [0.1, 0.15) is 0 Å². The minimum absolute atomic E-state index is 0.160. The Morgan fingerprint density at radius 1 is 1.04 bits per heavy atom. The summed E-state index contributed by atoms with van der Waals surface area (Å²) in [6.07, 6.45) is 15.5. The Bertz CT molecular complexity index is 343. The smallest absolute Gasteiger partial charge is 0.334 e. The van der Waals surface area contributed by atoms with Crippen LogP contribution in [0.15, 0.2) is 11.6 Å². The molecular weight excluding hydrogens is 366 g/mol. The third-order valence-corrected chi connectivity index (χ3v) is 4.76. The lowest BCUT2D eigenvalue weighted by Gasteiger charge is -2.12. The van der Waals surface area contributed by atoms with Gasteiger partial charge in [-0.1, -0.05) is 64.4 Å². The number of hydrogen-bond acceptors (Lipinski definition) is 3. The number of hydrogen-bond donors (Lipinski definition) is 0. The predicted molar refractivity (Wildman–Crippen MR) is 108 cm³/mol. The van der Waals surface area contributed by atoms with E-state index in [4.69, 9.17) is 4.74 Å². The number of nitrogens with zero attached hydrogens (tertiary/aromatic N) is 1. The molecule has 0 heterocycles. The van der Waals surface area contributed by atoms with Crippen LogP contribution in [0.25, 0.3) is 0 Å². The van der Waals surface area contributed by atoms with E-state index in [1.807, 2.05) is 27.1 Å². The summed E-state index contributed by atoms with van der Waals surface area (Å²) in [6, 6.07) is 0. The summed E-state index contributed by atoms with van der Waals surface area (Å²) in [7, 11) is 4.06. The molecule has 0 aromatic rings. The van der Waals surface area contributed by atoms with E-state index in [0.29, 0.717) is 5.57 Å². The maximum atomic E-state index is 12.0. The minimum Gasteiger partial charge on any atom is -0.447 e. The topological polar surface area (TPSA) is 29.5 Å². The van der Waals surface area contributed by atoms with Crippen molar-refractivity contribution in [1.82, 2.24) is 4.90 Å². The second kappa shape index (κ2) is 16.1. The molecule has 0 radical (unpaired) electrons. The highest BCUT2D eigenvalue weighted by atomic mass is 79.9. The van der Waals surface area contributed by atoms with Gasteiger partial charge >= 0.3 is 5.97 Å². The summed E-state index contributed by atoms with van der Waals surface area (Å²) in [5.74, 6) is -0.202. The molecule has 0 aliphatic heterocycles. The zero-order chi connectivity index (χ0) is 18.2. The second-order valence-electron chi connectivity index (χ2n) is 6.91. The van der Waals surface area contributed by atoms with Gasteiger partial charge in [0, 0.05) is 12.1 Å². The van der Waals surface area contributed by atoms with Crippen molar-refractivity contribution in [3.8, 4) is 0 Å². The van der Waals surface area contributed by atoms with Crippen molar-refractivity contribution >= 4 is 21.9 Å². The van der Waals surface area contributed by atoms with Crippen molar-refractivity contribution in [2.45, 2.75) is 89.5 Å². The lowest BCUT2D eigenvalue weighted by atomic mass is 10.1. The van der Waals surface area contributed by atoms with Gasteiger partial charge < -0.3 is 9.64 Å². The SMILES string of the molecule is CCCCCCCCCCCC(Br)OC(=O)C(C)=CCCN(C)C. The number of ether oxygens (including phenoxy) is 1. The minimum atomic E-state index is -0.202. The maximum Gasteiger partial charge on any atom is 0.334 e. The molecule has 0 spiro atoms. The maximum absolute atomic E-state index is 12.0. The standard InChI is InChI=1S/C20H38BrNO2/c1-5-6-7-8-9-10-11-12-13-16-19(21)24-20(23)18(2)15-14-17-22(3)4/h15,19H,5-14,16-17H2,1-4H3. The number of alkyl halides is 1. The van der Waals surface area contributed by atoms with Crippen molar-refractivity contribution in [3.63, 3.8) is 0 Å². The highest BCUT2D eigenvalue weighted by Gasteiger charge is 2.12. The number of esters is 1. The Morgan fingerprint density at radius 3 is 2.12 bits per heavy atom. The van der Waals surface area contributed by atoms with Crippen molar-refractivity contribution in [2.75, 3.05) is 20.6 Å². The van der Waals surface area contributed by atoms with Crippen molar-refractivity contribution in [3.05, 3.63) is 11.6 Å².